The van der Waals surface area contributed by atoms with Crippen molar-refractivity contribution >= 4 is 0 Å². The highest BCUT2D eigenvalue weighted by Crippen LogP contribution is 2.75. The van der Waals surface area contributed by atoms with E-state index in [1.807, 2.05) is 39.0 Å². The first-order valence-electron chi connectivity index (χ1n) is 17.0. The van der Waals surface area contributed by atoms with Crippen LogP contribution in [-0.2, 0) is 9.47 Å². The number of allylic oxidation sites excluding steroid dienone is 3. The lowest BCUT2D eigenvalue weighted by Crippen LogP contribution is -2.67. The van der Waals surface area contributed by atoms with Gasteiger partial charge in [-0.05, 0) is 111 Å². The molecule has 8 heteroatoms. The summed E-state index contributed by atoms with van der Waals surface area (Å²) in [5.74, 6) is 0.546. The Morgan fingerprint density at radius 1 is 0.864 bits per heavy atom. The normalized spacial score (nSPS) is 51.6. The maximum Gasteiger partial charge on any atom is 0.187 e. The predicted molar refractivity (Wildman–Crippen MR) is 168 cm³/mol. The van der Waals surface area contributed by atoms with Crippen molar-refractivity contribution < 1.29 is 40.1 Å². The van der Waals surface area contributed by atoms with Gasteiger partial charge in [0.15, 0.2) is 6.29 Å². The van der Waals surface area contributed by atoms with Gasteiger partial charge in [-0.3, -0.25) is 0 Å². The molecule has 0 bridgehead atoms. The zero-order valence-corrected chi connectivity index (χ0v) is 28.2. The molecule has 252 valence electrons. The zero-order valence-electron chi connectivity index (χ0n) is 28.2. The molecular formula is C36H60O8. The zero-order chi connectivity index (χ0) is 32.6. The topological polar surface area (TPSA) is 140 Å². The molecule has 4 aliphatic carbocycles. The molecule has 1 heterocycles. The molecule has 0 aromatic heterocycles. The van der Waals surface area contributed by atoms with E-state index >= 15 is 0 Å². The van der Waals surface area contributed by atoms with E-state index in [-0.39, 0.29) is 39.6 Å². The van der Waals surface area contributed by atoms with Crippen LogP contribution < -0.4 is 0 Å². The molecule has 8 nitrogen and oxygen atoms in total. The molecule has 5 fully saturated rings. The minimum absolute atomic E-state index is 0.0110. The fourth-order valence-electron chi connectivity index (χ4n) is 11.5. The first kappa shape index (κ1) is 34.5. The smallest absolute Gasteiger partial charge is 0.187 e. The van der Waals surface area contributed by atoms with Crippen molar-refractivity contribution in [3.8, 4) is 0 Å². The summed E-state index contributed by atoms with van der Waals surface area (Å²) in [4.78, 5) is 0. The number of fused-ring (bicyclic) bond motifs is 5. The number of rotatable bonds is 6. The number of aliphatic hydroxyl groups excluding tert-OH is 6. The van der Waals surface area contributed by atoms with Gasteiger partial charge in [-0.2, -0.15) is 0 Å². The lowest BCUT2D eigenvalue weighted by molar-refractivity contribution is -0.328. The third kappa shape index (κ3) is 5.09. The Bertz CT molecular complexity index is 1120. The van der Waals surface area contributed by atoms with Gasteiger partial charge in [-0.25, -0.2) is 0 Å². The van der Waals surface area contributed by atoms with E-state index in [9.17, 15) is 30.6 Å². The first-order chi connectivity index (χ1) is 20.4. The molecule has 0 spiro atoms. The van der Waals surface area contributed by atoms with Crippen molar-refractivity contribution in [2.75, 3.05) is 6.61 Å². The highest BCUT2D eigenvalue weighted by molar-refractivity contribution is 5.23. The van der Waals surface area contributed by atoms with Gasteiger partial charge in [0.05, 0.1) is 24.4 Å². The third-order valence-corrected chi connectivity index (χ3v) is 14.2. The van der Waals surface area contributed by atoms with Crippen LogP contribution in [0.15, 0.2) is 23.8 Å². The molecule has 0 aromatic carbocycles. The molecule has 1 aliphatic heterocycles. The average molecular weight is 621 g/mol. The minimum atomic E-state index is -1.53. The number of hydrogen-bond acceptors (Lipinski definition) is 8. The first-order valence-corrected chi connectivity index (χ1v) is 17.0. The Labute approximate surface area is 264 Å². The molecule has 0 radical (unpaired) electrons. The second kappa shape index (κ2) is 11.7. The van der Waals surface area contributed by atoms with Gasteiger partial charge in [0.2, 0.25) is 0 Å². The number of hydrogen-bond donors (Lipinski definition) is 6. The van der Waals surface area contributed by atoms with Crippen LogP contribution in [0.5, 0.6) is 0 Å². The van der Waals surface area contributed by atoms with E-state index in [1.165, 1.54) is 0 Å². The van der Waals surface area contributed by atoms with Crippen LogP contribution in [0.25, 0.3) is 0 Å². The second-order valence-corrected chi connectivity index (χ2v) is 16.9. The Kier molecular flexibility index (Phi) is 9.17. The van der Waals surface area contributed by atoms with E-state index in [0.717, 1.165) is 44.1 Å². The second-order valence-electron chi connectivity index (χ2n) is 16.9. The fourth-order valence-corrected chi connectivity index (χ4v) is 11.5. The van der Waals surface area contributed by atoms with Crippen molar-refractivity contribution in [3.63, 3.8) is 0 Å². The summed E-state index contributed by atoms with van der Waals surface area (Å²) in [5.41, 5.74) is -0.178. The lowest BCUT2D eigenvalue weighted by atomic mass is 9.35. The maximum atomic E-state index is 12.2. The Morgan fingerprint density at radius 3 is 2.16 bits per heavy atom. The van der Waals surface area contributed by atoms with Gasteiger partial charge < -0.3 is 40.1 Å². The number of ether oxygens (including phenoxy) is 2. The molecule has 1 saturated heterocycles. The van der Waals surface area contributed by atoms with E-state index < -0.39 is 49.0 Å². The van der Waals surface area contributed by atoms with Gasteiger partial charge in [0.25, 0.3) is 0 Å². The fraction of sp³-hybridized carbons (Fsp3) is 0.889. The summed E-state index contributed by atoms with van der Waals surface area (Å²) in [6.45, 7) is 17.2. The summed E-state index contributed by atoms with van der Waals surface area (Å²) in [6.07, 6.45) is 4.62. The Hall–Kier alpha value is -0.840. The van der Waals surface area contributed by atoms with E-state index in [2.05, 4.69) is 34.6 Å². The van der Waals surface area contributed by atoms with Crippen LogP contribution in [0.4, 0.5) is 0 Å². The monoisotopic (exact) mass is 620 g/mol. The molecule has 44 heavy (non-hydrogen) atoms. The summed E-state index contributed by atoms with van der Waals surface area (Å²) in [7, 11) is 0. The highest BCUT2D eigenvalue weighted by atomic mass is 16.7. The van der Waals surface area contributed by atoms with Crippen molar-refractivity contribution in [3.05, 3.63) is 23.8 Å². The molecule has 0 amide bonds. The molecule has 0 aromatic rings. The molecule has 5 rings (SSSR count). The third-order valence-electron chi connectivity index (χ3n) is 14.2. The molecule has 15 atom stereocenters. The molecule has 6 N–H and O–H groups in total. The largest absolute Gasteiger partial charge is 0.394 e. The van der Waals surface area contributed by atoms with Crippen molar-refractivity contribution in [2.45, 2.75) is 149 Å². The summed E-state index contributed by atoms with van der Waals surface area (Å²) >= 11 is 0. The van der Waals surface area contributed by atoms with Gasteiger partial charge >= 0.3 is 0 Å². The SMILES string of the molecule is CC(C)=C/C=C/[C@](C)(O[C@H]1O[C@H](CO)[C@@H](O)[C@H](O)[C@H]1O)[C@H]1CC[C@]2(C)[C@@H]1[C@H](O)CC1[C@@]3(C)CC[C@H](O)C(C)(C)C3CC[C@]12C. The summed E-state index contributed by atoms with van der Waals surface area (Å²) in [5, 5.41) is 64.9. The molecule has 2 unspecified atom stereocenters. The Balaban J connectivity index is 1.51. The van der Waals surface area contributed by atoms with Crippen molar-refractivity contribution in [1.82, 2.24) is 0 Å². The standard InChI is InChI=1S/C36H60O8/c1-20(2)10-9-14-36(8,44-31-30(42)29(41)28(40)23(19-37)43-31)21-11-16-35(7)27(21)22(38)18-25-33(5)15-13-26(39)32(3,4)24(33)12-17-34(25,35)6/h9-10,14,21-31,37-42H,11-13,15-19H2,1-8H3/b14-9+/t21-,22+,23+,24?,25?,26-,27-,28+,29-,30+,31+,33-,34+,35+,36-/m0/s1. The molecule has 4 saturated carbocycles. The maximum absolute atomic E-state index is 12.2. The lowest BCUT2D eigenvalue weighted by Gasteiger charge is -2.70. The van der Waals surface area contributed by atoms with Gasteiger partial charge in [0.1, 0.15) is 24.4 Å². The van der Waals surface area contributed by atoms with Gasteiger partial charge in [-0.1, -0.05) is 58.4 Å². The van der Waals surface area contributed by atoms with Crippen LogP contribution in [0.3, 0.4) is 0 Å². The van der Waals surface area contributed by atoms with Crippen molar-refractivity contribution in [1.29, 1.82) is 0 Å². The van der Waals surface area contributed by atoms with E-state index in [0.29, 0.717) is 18.3 Å². The van der Waals surface area contributed by atoms with E-state index in [4.69, 9.17) is 9.47 Å². The molecular weight excluding hydrogens is 560 g/mol. The van der Waals surface area contributed by atoms with Gasteiger partial charge in [-0.15, -0.1) is 0 Å². The summed E-state index contributed by atoms with van der Waals surface area (Å²) < 4.78 is 12.5. The average Bonchev–Trinajstić information content (AvgIpc) is 3.33. The van der Waals surface area contributed by atoms with Crippen LogP contribution in [0.1, 0.15) is 100 Å². The Morgan fingerprint density at radius 2 is 1.52 bits per heavy atom. The number of aliphatic hydroxyl groups is 6. The quantitative estimate of drug-likeness (QED) is 0.244. The highest BCUT2D eigenvalue weighted by Gasteiger charge is 2.71. The van der Waals surface area contributed by atoms with E-state index in [1.54, 1.807) is 0 Å². The molecule has 5 aliphatic rings. The predicted octanol–water partition coefficient (Wildman–Crippen LogP) is 4.10. The minimum Gasteiger partial charge on any atom is -0.394 e. The van der Waals surface area contributed by atoms with Crippen molar-refractivity contribution in [2.24, 2.45) is 45.3 Å². The summed E-state index contributed by atoms with van der Waals surface area (Å²) in [6, 6.07) is 0. The van der Waals surface area contributed by atoms with Crippen LogP contribution in [-0.4, -0.2) is 85.8 Å². The van der Waals surface area contributed by atoms with Crippen LogP contribution >= 0.6 is 0 Å². The van der Waals surface area contributed by atoms with Crippen LogP contribution in [0.2, 0.25) is 0 Å². The van der Waals surface area contributed by atoms with Gasteiger partial charge in [0, 0.05) is 0 Å². The van der Waals surface area contributed by atoms with Crippen LogP contribution in [0, 0.1) is 45.3 Å².